The Hall–Kier alpha value is -1.64. The lowest BCUT2D eigenvalue weighted by Crippen LogP contribution is -2.09. The van der Waals surface area contributed by atoms with Crippen molar-refractivity contribution >= 4 is 17.4 Å². The molecule has 3 nitrogen and oxygen atoms in total. The Labute approximate surface area is 81.0 Å². The second-order valence-corrected chi connectivity index (χ2v) is 2.56. The van der Waals surface area contributed by atoms with Crippen LogP contribution in [0.25, 0.3) is 0 Å². The van der Waals surface area contributed by atoms with Gasteiger partial charge in [-0.2, -0.15) is 0 Å². The fraction of sp³-hybridized carbons (Fsp3) is 0.200. The van der Waals surface area contributed by atoms with Crippen LogP contribution in [0.5, 0.6) is 0 Å². The Morgan fingerprint density at radius 3 is 2.69 bits per heavy atom. The van der Waals surface area contributed by atoms with Gasteiger partial charge in [-0.15, -0.1) is 0 Å². The van der Waals surface area contributed by atoms with Crippen LogP contribution in [0.2, 0.25) is 0 Å². The molecular formula is C10H11NO2. The minimum Gasteiger partial charge on any atom is -0.326 e. The van der Waals surface area contributed by atoms with Crippen LogP contribution in [-0.4, -0.2) is 11.7 Å². The van der Waals surface area contributed by atoms with Gasteiger partial charge in [0.1, 0.15) is 0 Å². The second kappa shape index (κ2) is 3.85. The Kier molecular flexibility index (Phi) is 1.75. The highest BCUT2D eigenvalue weighted by Gasteiger charge is 2.06. The SMILES string of the molecule is [2H]C([2H])([2H])C(=O)c1ccccc1NC(C)=O. The highest BCUT2D eigenvalue weighted by atomic mass is 16.1. The van der Waals surface area contributed by atoms with Crippen molar-refractivity contribution in [1.82, 2.24) is 0 Å². The number of carbonyl (C=O) groups is 2. The van der Waals surface area contributed by atoms with Crippen LogP contribution in [0.1, 0.15) is 28.2 Å². The summed E-state index contributed by atoms with van der Waals surface area (Å²) in [6, 6.07) is 6.02. The van der Waals surface area contributed by atoms with E-state index in [9.17, 15) is 9.59 Å². The van der Waals surface area contributed by atoms with Crippen molar-refractivity contribution in [2.45, 2.75) is 13.8 Å². The summed E-state index contributed by atoms with van der Waals surface area (Å²) in [4.78, 5) is 22.4. The predicted octanol–water partition coefficient (Wildman–Crippen LogP) is 1.85. The molecule has 0 saturated carbocycles. The van der Waals surface area contributed by atoms with Crippen molar-refractivity contribution < 1.29 is 13.7 Å². The molecule has 0 bridgehead atoms. The molecular weight excluding hydrogens is 166 g/mol. The van der Waals surface area contributed by atoms with Gasteiger partial charge in [0.15, 0.2) is 5.78 Å². The van der Waals surface area contributed by atoms with E-state index in [1.54, 1.807) is 12.1 Å². The molecule has 3 heteroatoms. The van der Waals surface area contributed by atoms with Gasteiger partial charge < -0.3 is 5.32 Å². The van der Waals surface area contributed by atoms with Crippen LogP contribution < -0.4 is 5.32 Å². The van der Waals surface area contributed by atoms with Gasteiger partial charge in [-0.1, -0.05) is 12.1 Å². The molecule has 0 aromatic heterocycles. The van der Waals surface area contributed by atoms with E-state index in [0.29, 0.717) is 0 Å². The summed E-state index contributed by atoms with van der Waals surface area (Å²) in [6.07, 6.45) is 0. The third-order valence-electron chi connectivity index (χ3n) is 1.48. The van der Waals surface area contributed by atoms with Crippen LogP contribution in [0.15, 0.2) is 24.3 Å². The van der Waals surface area contributed by atoms with Crippen LogP contribution in [-0.2, 0) is 4.79 Å². The third-order valence-corrected chi connectivity index (χ3v) is 1.48. The average molecular weight is 180 g/mol. The molecule has 0 unspecified atom stereocenters. The zero-order valence-electron chi connectivity index (χ0n) is 10.1. The van der Waals surface area contributed by atoms with Crippen molar-refractivity contribution in [3.8, 4) is 0 Å². The lowest BCUT2D eigenvalue weighted by molar-refractivity contribution is -0.114. The summed E-state index contributed by atoms with van der Waals surface area (Å²) in [5.41, 5.74) is 0.217. The number of para-hydroxylation sites is 1. The number of ketones is 1. The molecule has 68 valence electrons. The molecule has 1 amide bonds. The minimum absolute atomic E-state index is 0.00213. The lowest BCUT2D eigenvalue weighted by atomic mass is 10.1. The average Bonchev–Trinajstić information content (AvgIpc) is 2.15. The molecule has 13 heavy (non-hydrogen) atoms. The number of Topliss-reactive ketones (excluding diaryl/α,β-unsaturated/α-hetero) is 1. The molecule has 1 aromatic carbocycles. The van der Waals surface area contributed by atoms with E-state index in [1.807, 2.05) is 0 Å². The first-order valence-electron chi connectivity index (χ1n) is 5.24. The smallest absolute Gasteiger partial charge is 0.221 e. The van der Waals surface area contributed by atoms with E-state index in [4.69, 9.17) is 4.11 Å². The summed E-state index contributed by atoms with van der Waals surface area (Å²) < 4.78 is 21.1. The van der Waals surface area contributed by atoms with Gasteiger partial charge >= 0.3 is 0 Å². The number of rotatable bonds is 2. The molecule has 1 N–H and O–H groups in total. The predicted molar refractivity (Wildman–Crippen MR) is 50.8 cm³/mol. The van der Waals surface area contributed by atoms with Crippen LogP contribution in [0.3, 0.4) is 0 Å². The molecule has 0 aliphatic heterocycles. The van der Waals surface area contributed by atoms with E-state index >= 15 is 0 Å². The maximum absolute atomic E-state index is 11.6. The zero-order valence-corrected chi connectivity index (χ0v) is 7.13. The van der Waals surface area contributed by atoms with Gasteiger partial charge in [-0.25, -0.2) is 0 Å². The molecule has 0 fully saturated rings. The van der Waals surface area contributed by atoms with Crippen LogP contribution in [0, 0.1) is 0 Å². The van der Waals surface area contributed by atoms with Gasteiger partial charge in [-0.3, -0.25) is 9.59 Å². The maximum Gasteiger partial charge on any atom is 0.221 e. The first-order valence-corrected chi connectivity index (χ1v) is 3.74. The first-order chi connectivity index (χ1) is 7.32. The van der Waals surface area contributed by atoms with Gasteiger partial charge in [0.2, 0.25) is 5.91 Å². The Morgan fingerprint density at radius 1 is 1.38 bits per heavy atom. The Balaban J connectivity index is 3.13. The normalized spacial score (nSPS) is 13.8. The standard InChI is InChI=1S/C10H11NO2/c1-7(12)9-5-3-4-6-10(9)11-8(2)13/h3-6H,1-2H3,(H,11,13)/i1D3. The summed E-state index contributed by atoms with van der Waals surface area (Å²) >= 11 is 0. The van der Waals surface area contributed by atoms with Gasteiger partial charge in [0, 0.05) is 16.6 Å². The summed E-state index contributed by atoms with van der Waals surface area (Å²) in [5.74, 6) is -1.33. The van der Waals surface area contributed by atoms with Gasteiger partial charge in [0.25, 0.3) is 0 Å². The summed E-state index contributed by atoms with van der Waals surface area (Å²) in [6.45, 7) is -1.41. The van der Waals surface area contributed by atoms with E-state index in [1.165, 1.54) is 19.1 Å². The number of amides is 1. The maximum atomic E-state index is 11.6. The van der Waals surface area contributed by atoms with Gasteiger partial charge in [0.05, 0.1) is 5.69 Å². The fourth-order valence-electron chi connectivity index (χ4n) is 0.980. The minimum atomic E-state index is -2.70. The monoisotopic (exact) mass is 180 g/mol. The van der Waals surface area contributed by atoms with Crippen LogP contribution in [0.4, 0.5) is 5.69 Å². The molecule has 1 rings (SSSR count). The highest BCUT2D eigenvalue weighted by molar-refractivity contribution is 6.03. The number of nitrogens with one attached hydrogen (secondary N) is 1. The molecule has 0 atom stereocenters. The van der Waals surface area contributed by atoms with E-state index in [-0.39, 0.29) is 17.2 Å². The van der Waals surface area contributed by atoms with Crippen molar-refractivity contribution in [3.63, 3.8) is 0 Å². The third kappa shape index (κ3) is 2.40. The molecule has 0 aliphatic carbocycles. The number of hydrogen-bond donors (Lipinski definition) is 1. The summed E-state index contributed by atoms with van der Waals surface area (Å²) in [7, 11) is 0. The van der Waals surface area contributed by atoms with E-state index in [2.05, 4.69) is 5.32 Å². The largest absolute Gasteiger partial charge is 0.326 e. The molecule has 0 heterocycles. The zero-order chi connectivity index (χ0) is 12.3. The summed E-state index contributed by atoms with van der Waals surface area (Å²) in [5, 5.41) is 2.42. The molecule has 0 spiro atoms. The number of anilines is 1. The lowest BCUT2D eigenvalue weighted by Gasteiger charge is -2.05. The topological polar surface area (TPSA) is 46.2 Å². The Morgan fingerprint density at radius 2 is 2.08 bits per heavy atom. The molecule has 1 aromatic rings. The fourth-order valence-corrected chi connectivity index (χ4v) is 0.980. The number of benzene rings is 1. The quantitative estimate of drug-likeness (QED) is 0.706. The highest BCUT2D eigenvalue weighted by Crippen LogP contribution is 2.14. The molecule has 0 radical (unpaired) electrons. The van der Waals surface area contributed by atoms with Gasteiger partial charge in [-0.05, 0) is 19.0 Å². The Bertz CT molecular complexity index is 426. The second-order valence-electron chi connectivity index (χ2n) is 2.56. The van der Waals surface area contributed by atoms with Crippen molar-refractivity contribution in [3.05, 3.63) is 29.8 Å². The molecule has 0 aliphatic rings. The van der Waals surface area contributed by atoms with E-state index < -0.39 is 12.6 Å². The van der Waals surface area contributed by atoms with Crippen molar-refractivity contribution in [2.24, 2.45) is 0 Å². The number of hydrogen-bond acceptors (Lipinski definition) is 2. The first kappa shape index (κ1) is 5.91. The van der Waals surface area contributed by atoms with Crippen LogP contribution >= 0.6 is 0 Å². The number of carbonyl (C=O) groups excluding carboxylic acids is 2. The van der Waals surface area contributed by atoms with Crippen molar-refractivity contribution in [2.75, 3.05) is 5.32 Å². The molecule has 0 saturated heterocycles. The van der Waals surface area contributed by atoms with E-state index in [0.717, 1.165) is 0 Å². The van der Waals surface area contributed by atoms with Crippen molar-refractivity contribution in [1.29, 1.82) is 0 Å².